The SMILES string of the molecule is COc1ccc(C(=O)c2cnn(C)c2-c2ccc(OC)c(OC)c2)cc1OC. The van der Waals surface area contributed by atoms with Gasteiger partial charge >= 0.3 is 0 Å². The summed E-state index contributed by atoms with van der Waals surface area (Å²) >= 11 is 0. The first-order valence-electron chi connectivity index (χ1n) is 8.55. The lowest BCUT2D eigenvalue weighted by molar-refractivity contribution is 0.103. The molecule has 0 amide bonds. The standard InChI is InChI=1S/C21H22N2O5/c1-23-20(13-6-8-16(25-2)18(10-13)27-4)15(12-22-23)21(24)14-7-9-17(26-3)19(11-14)28-5/h6-12H,1-5H3. The molecule has 0 unspecified atom stereocenters. The number of ketones is 1. The molecule has 7 heteroatoms. The Labute approximate surface area is 163 Å². The van der Waals surface area contributed by atoms with Crippen LogP contribution in [0.5, 0.6) is 23.0 Å². The number of carbonyl (C=O) groups is 1. The normalized spacial score (nSPS) is 10.5. The maximum Gasteiger partial charge on any atom is 0.196 e. The molecule has 0 bridgehead atoms. The molecular weight excluding hydrogens is 360 g/mol. The van der Waals surface area contributed by atoms with Gasteiger partial charge in [-0.2, -0.15) is 5.10 Å². The summed E-state index contributed by atoms with van der Waals surface area (Å²) in [6.07, 6.45) is 1.56. The van der Waals surface area contributed by atoms with Crippen molar-refractivity contribution in [1.29, 1.82) is 0 Å². The van der Waals surface area contributed by atoms with Crippen molar-refractivity contribution in [2.45, 2.75) is 0 Å². The van der Waals surface area contributed by atoms with Crippen molar-refractivity contribution in [3.8, 4) is 34.3 Å². The Morgan fingerprint density at radius 3 is 2.00 bits per heavy atom. The van der Waals surface area contributed by atoms with Gasteiger partial charge in [-0.1, -0.05) is 0 Å². The molecule has 0 spiro atoms. The first-order chi connectivity index (χ1) is 13.5. The van der Waals surface area contributed by atoms with Crippen LogP contribution in [0.3, 0.4) is 0 Å². The molecule has 146 valence electrons. The van der Waals surface area contributed by atoms with Gasteiger partial charge in [0.15, 0.2) is 28.8 Å². The Morgan fingerprint density at radius 2 is 1.39 bits per heavy atom. The summed E-state index contributed by atoms with van der Waals surface area (Å²) in [4.78, 5) is 13.2. The molecule has 7 nitrogen and oxygen atoms in total. The molecule has 0 N–H and O–H groups in total. The van der Waals surface area contributed by atoms with Crippen LogP contribution in [0.25, 0.3) is 11.3 Å². The van der Waals surface area contributed by atoms with Crippen molar-refractivity contribution in [3.63, 3.8) is 0 Å². The van der Waals surface area contributed by atoms with E-state index < -0.39 is 0 Å². The third kappa shape index (κ3) is 3.38. The van der Waals surface area contributed by atoms with E-state index in [1.54, 1.807) is 63.5 Å². The first-order valence-corrected chi connectivity index (χ1v) is 8.55. The molecule has 0 saturated carbocycles. The van der Waals surface area contributed by atoms with Crippen LogP contribution < -0.4 is 18.9 Å². The Balaban J connectivity index is 2.07. The number of methoxy groups -OCH3 is 4. The van der Waals surface area contributed by atoms with Crippen LogP contribution in [0.4, 0.5) is 0 Å². The molecule has 1 heterocycles. The van der Waals surface area contributed by atoms with Crippen LogP contribution in [-0.2, 0) is 7.05 Å². The highest BCUT2D eigenvalue weighted by atomic mass is 16.5. The number of aromatic nitrogens is 2. The van der Waals surface area contributed by atoms with E-state index in [0.717, 1.165) is 5.56 Å². The minimum Gasteiger partial charge on any atom is -0.493 e. The second-order valence-corrected chi connectivity index (χ2v) is 6.00. The fraction of sp³-hybridized carbons (Fsp3) is 0.238. The van der Waals surface area contributed by atoms with Crippen molar-refractivity contribution in [2.75, 3.05) is 28.4 Å². The van der Waals surface area contributed by atoms with E-state index in [4.69, 9.17) is 18.9 Å². The van der Waals surface area contributed by atoms with Gasteiger partial charge in [0, 0.05) is 18.2 Å². The lowest BCUT2D eigenvalue weighted by atomic mass is 9.99. The molecule has 0 fully saturated rings. The average Bonchev–Trinajstić information content (AvgIpc) is 3.13. The largest absolute Gasteiger partial charge is 0.493 e. The number of aryl methyl sites for hydroxylation is 1. The van der Waals surface area contributed by atoms with E-state index >= 15 is 0 Å². The molecule has 0 saturated heterocycles. The van der Waals surface area contributed by atoms with Crippen LogP contribution in [0.15, 0.2) is 42.6 Å². The molecule has 0 aliphatic rings. The van der Waals surface area contributed by atoms with E-state index in [2.05, 4.69) is 5.10 Å². The third-order valence-corrected chi connectivity index (χ3v) is 4.49. The predicted octanol–water partition coefficient (Wildman–Crippen LogP) is 3.35. The first kappa shape index (κ1) is 19.3. The van der Waals surface area contributed by atoms with Gasteiger partial charge in [-0.25, -0.2) is 0 Å². The number of ether oxygens (including phenoxy) is 4. The summed E-state index contributed by atoms with van der Waals surface area (Å²) in [6.45, 7) is 0. The summed E-state index contributed by atoms with van der Waals surface area (Å²) in [5.41, 5.74) is 2.43. The number of hydrogen-bond acceptors (Lipinski definition) is 6. The van der Waals surface area contributed by atoms with Gasteiger partial charge in [0.05, 0.1) is 45.9 Å². The van der Waals surface area contributed by atoms with Crippen LogP contribution in [0.1, 0.15) is 15.9 Å². The zero-order valence-corrected chi connectivity index (χ0v) is 16.5. The monoisotopic (exact) mass is 382 g/mol. The second kappa shape index (κ2) is 8.04. The fourth-order valence-electron chi connectivity index (χ4n) is 3.06. The summed E-state index contributed by atoms with van der Waals surface area (Å²) in [5, 5.41) is 4.28. The quantitative estimate of drug-likeness (QED) is 0.584. The van der Waals surface area contributed by atoms with Crippen molar-refractivity contribution in [2.24, 2.45) is 7.05 Å². The van der Waals surface area contributed by atoms with Gasteiger partial charge in [-0.05, 0) is 36.4 Å². The molecule has 0 aliphatic carbocycles. The minimum absolute atomic E-state index is 0.168. The van der Waals surface area contributed by atoms with E-state index in [-0.39, 0.29) is 5.78 Å². The highest BCUT2D eigenvalue weighted by Crippen LogP contribution is 2.35. The lowest BCUT2D eigenvalue weighted by Crippen LogP contribution is -2.05. The van der Waals surface area contributed by atoms with Gasteiger partial charge in [-0.3, -0.25) is 9.48 Å². The van der Waals surface area contributed by atoms with E-state index in [9.17, 15) is 4.79 Å². The van der Waals surface area contributed by atoms with Crippen LogP contribution in [0, 0.1) is 0 Å². The highest BCUT2D eigenvalue weighted by Gasteiger charge is 2.21. The summed E-state index contributed by atoms with van der Waals surface area (Å²) in [5.74, 6) is 2.07. The molecule has 28 heavy (non-hydrogen) atoms. The Morgan fingerprint density at radius 1 is 0.821 bits per heavy atom. The Kier molecular flexibility index (Phi) is 5.54. The molecule has 0 atom stereocenters. The number of nitrogens with zero attached hydrogens (tertiary/aromatic N) is 2. The number of hydrogen-bond donors (Lipinski definition) is 0. The summed E-state index contributed by atoms with van der Waals surface area (Å²) in [6, 6.07) is 10.6. The van der Waals surface area contributed by atoms with Gasteiger partial charge in [0.25, 0.3) is 0 Å². The highest BCUT2D eigenvalue weighted by molar-refractivity contribution is 6.12. The van der Waals surface area contributed by atoms with Crippen LogP contribution in [-0.4, -0.2) is 44.0 Å². The van der Waals surface area contributed by atoms with E-state index in [0.29, 0.717) is 39.8 Å². The van der Waals surface area contributed by atoms with Crippen molar-refractivity contribution in [1.82, 2.24) is 9.78 Å². The molecule has 1 aromatic heterocycles. The lowest BCUT2D eigenvalue weighted by Gasteiger charge is -2.12. The molecule has 2 aromatic carbocycles. The van der Waals surface area contributed by atoms with Gasteiger partial charge in [0.1, 0.15) is 0 Å². The predicted molar refractivity (Wildman–Crippen MR) is 105 cm³/mol. The molecule has 0 aliphatic heterocycles. The fourth-order valence-corrected chi connectivity index (χ4v) is 3.06. The summed E-state index contributed by atoms with van der Waals surface area (Å²) < 4.78 is 22.9. The summed E-state index contributed by atoms with van der Waals surface area (Å²) in [7, 11) is 8.02. The zero-order chi connectivity index (χ0) is 20.3. The van der Waals surface area contributed by atoms with Crippen molar-refractivity contribution >= 4 is 5.78 Å². The van der Waals surface area contributed by atoms with Crippen molar-refractivity contribution < 1.29 is 23.7 Å². The third-order valence-electron chi connectivity index (χ3n) is 4.49. The van der Waals surface area contributed by atoms with Crippen molar-refractivity contribution in [3.05, 3.63) is 53.7 Å². The molecule has 0 radical (unpaired) electrons. The topological polar surface area (TPSA) is 71.8 Å². The number of rotatable bonds is 7. The van der Waals surface area contributed by atoms with Gasteiger partial charge < -0.3 is 18.9 Å². The molecule has 3 rings (SSSR count). The average molecular weight is 382 g/mol. The Hall–Kier alpha value is -3.48. The zero-order valence-electron chi connectivity index (χ0n) is 16.5. The van der Waals surface area contributed by atoms with Crippen LogP contribution >= 0.6 is 0 Å². The minimum atomic E-state index is -0.168. The van der Waals surface area contributed by atoms with Gasteiger partial charge in [-0.15, -0.1) is 0 Å². The number of carbonyl (C=O) groups excluding carboxylic acids is 1. The second-order valence-electron chi connectivity index (χ2n) is 6.00. The van der Waals surface area contributed by atoms with Gasteiger partial charge in [0.2, 0.25) is 0 Å². The molecular formula is C21H22N2O5. The number of benzene rings is 2. The molecule has 3 aromatic rings. The van der Waals surface area contributed by atoms with Crippen LogP contribution in [0.2, 0.25) is 0 Å². The maximum absolute atomic E-state index is 13.2. The smallest absolute Gasteiger partial charge is 0.196 e. The van der Waals surface area contributed by atoms with E-state index in [1.807, 2.05) is 12.1 Å². The Bertz CT molecular complexity index is 1010. The maximum atomic E-state index is 13.2. The van der Waals surface area contributed by atoms with E-state index in [1.165, 1.54) is 7.11 Å².